The number of nitrogens with zero attached hydrogens (tertiary/aromatic N) is 3. The van der Waals surface area contributed by atoms with E-state index >= 15 is 0 Å². The van der Waals surface area contributed by atoms with E-state index in [1.54, 1.807) is 12.4 Å². The van der Waals surface area contributed by atoms with Gasteiger partial charge in [-0.15, -0.1) is 10.2 Å². The Morgan fingerprint density at radius 1 is 1.25 bits per heavy atom. The fraction of sp³-hybridized carbons (Fsp3) is 0.526. The molecule has 0 aromatic carbocycles. The molecule has 1 aliphatic rings. The average molecular weight is 327 g/mol. The van der Waals surface area contributed by atoms with Gasteiger partial charge in [0.2, 0.25) is 11.8 Å². The summed E-state index contributed by atoms with van der Waals surface area (Å²) < 4.78 is 5.84. The Morgan fingerprint density at radius 2 is 2.00 bits per heavy atom. The third-order valence-electron chi connectivity index (χ3n) is 5.11. The smallest absolute Gasteiger partial charge is 0.247 e. The quantitative estimate of drug-likeness (QED) is 0.851. The van der Waals surface area contributed by atoms with E-state index in [9.17, 15) is 5.11 Å². The van der Waals surface area contributed by atoms with Gasteiger partial charge in [-0.1, -0.05) is 25.5 Å². The Bertz CT molecular complexity index is 694. The van der Waals surface area contributed by atoms with Crippen molar-refractivity contribution >= 4 is 0 Å². The van der Waals surface area contributed by atoms with E-state index in [2.05, 4.69) is 42.0 Å². The molecule has 0 amide bonds. The van der Waals surface area contributed by atoms with Crippen LogP contribution in [0.5, 0.6) is 0 Å². The summed E-state index contributed by atoms with van der Waals surface area (Å²) in [5.74, 6) is 2.90. The van der Waals surface area contributed by atoms with Crippen LogP contribution in [-0.4, -0.2) is 26.9 Å². The number of aromatic nitrogens is 3. The summed E-state index contributed by atoms with van der Waals surface area (Å²) >= 11 is 0. The molecule has 2 aromatic rings. The third kappa shape index (κ3) is 3.56. The fourth-order valence-corrected chi connectivity index (χ4v) is 3.64. The number of pyridine rings is 1. The van der Waals surface area contributed by atoms with Crippen molar-refractivity contribution in [3.8, 4) is 11.5 Å². The van der Waals surface area contributed by atoms with Gasteiger partial charge in [0.05, 0.1) is 0 Å². The van der Waals surface area contributed by atoms with Crippen LogP contribution >= 0.6 is 0 Å². The van der Waals surface area contributed by atoms with Crippen LogP contribution in [0.1, 0.15) is 33.1 Å². The topological polar surface area (TPSA) is 72.0 Å². The molecule has 128 valence electrons. The average Bonchev–Trinajstić information content (AvgIpc) is 3.05. The zero-order valence-electron chi connectivity index (χ0n) is 14.5. The van der Waals surface area contributed by atoms with Crippen molar-refractivity contribution in [2.75, 3.05) is 6.61 Å². The molecule has 2 aromatic heterocycles. The van der Waals surface area contributed by atoms with E-state index in [0.717, 1.165) is 18.4 Å². The Hall–Kier alpha value is -2.01. The number of rotatable bonds is 5. The van der Waals surface area contributed by atoms with Crippen molar-refractivity contribution in [2.24, 2.45) is 23.7 Å². The first kappa shape index (κ1) is 16.8. The number of hydrogen-bond donors (Lipinski definition) is 1. The lowest BCUT2D eigenvalue weighted by atomic mass is 9.70. The van der Waals surface area contributed by atoms with Gasteiger partial charge in [0.15, 0.2) is 0 Å². The van der Waals surface area contributed by atoms with Crippen LogP contribution in [0.2, 0.25) is 0 Å². The van der Waals surface area contributed by atoms with E-state index in [4.69, 9.17) is 4.42 Å². The van der Waals surface area contributed by atoms with Crippen LogP contribution in [0.25, 0.3) is 11.5 Å². The molecule has 0 saturated carbocycles. The first-order valence-electron chi connectivity index (χ1n) is 8.60. The van der Waals surface area contributed by atoms with Gasteiger partial charge in [-0.2, -0.15) is 0 Å². The molecule has 2 heterocycles. The molecule has 0 spiro atoms. The van der Waals surface area contributed by atoms with E-state index in [-0.39, 0.29) is 12.5 Å². The molecule has 0 radical (unpaired) electrons. The number of aliphatic hydroxyl groups is 1. The molecule has 0 bridgehead atoms. The van der Waals surface area contributed by atoms with Crippen molar-refractivity contribution in [1.82, 2.24) is 15.2 Å². The summed E-state index contributed by atoms with van der Waals surface area (Å²) in [5.41, 5.74) is 2.20. The molecule has 3 rings (SSSR count). The summed E-state index contributed by atoms with van der Waals surface area (Å²) in [7, 11) is 0. The van der Waals surface area contributed by atoms with Gasteiger partial charge in [-0.25, -0.2) is 0 Å². The highest BCUT2D eigenvalue weighted by atomic mass is 16.4. The molecule has 3 atom stereocenters. The molecular weight excluding hydrogens is 302 g/mol. The van der Waals surface area contributed by atoms with Gasteiger partial charge in [0, 0.05) is 36.9 Å². The predicted octanol–water partition coefficient (Wildman–Crippen LogP) is 3.52. The highest BCUT2D eigenvalue weighted by Gasteiger charge is 2.32. The van der Waals surface area contributed by atoms with Crippen molar-refractivity contribution in [2.45, 2.75) is 33.6 Å². The number of allylic oxidation sites excluding steroid dienone is 1. The minimum atomic E-state index is 0.222. The minimum Gasteiger partial charge on any atom is -0.421 e. The van der Waals surface area contributed by atoms with E-state index in [1.165, 1.54) is 5.57 Å². The molecule has 0 fully saturated rings. The molecule has 24 heavy (non-hydrogen) atoms. The minimum absolute atomic E-state index is 0.222. The summed E-state index contributed by atoms with van der Waals surface area (Å²) in [6.45, 7) is 6.82. The largest absolute Gasteiger partial charge is 0.421 e. The van der Waals surface area contributed by atoms with Crippen LogP contribution in [0.3, 0.4) is 0 Å². The van der Waals surface area contributed by atoms with Crippen molar-refractivity contribution in [1.29, 1.82) is 0 Å². The lowest BCUT2D eigenvalue weighted by molar-refractivity contribution is 0.147. The molecule has 5 nitrogen and oxygen atoms in total. The second-order valence-electron chi connectivity index (χ2n) is 7.04. The van der Waals surface area contributed by atoms with Gasteiger partial charge in [0.25, 0.3) is 0 Å². The van der Waals surface area contributed by atoms with Crippen LogP contribution in [0.4, 0.5) is 0 Å². The summed E-state index contributed by atoms with van der Waals surface area (Å²) in [4.78, 5) is 4.00. The molecular formula is C19H25N3O2. The molecule has 3 unspecified atom stereocenters. The van der Waals surface area contributed by atoms with Gasteiger partial charge < -0.3 is 9.52 Å². The zero-order chi connectivity index (χ0) is 17.1. The second-order valence-corrected chi connectivity index (χ2v) is 7.04. The molecule has 0 saturated heterocycles. The highest BCUT2D eigenvalue weighted by Crippen LogP contribution is 2.38. The number of aliphatic hydroxyl groups excluding tert-OH is 1. The van der Waals surface area contributed by atoms with Crippen molar-refractivity contribution in [3.63, 3.8) is 0 Å². The van der Waals surface area contributed by atoms with Crippen LogP contribution in [0.15, 0.2) is 40.6 Å². The normalized spacial score (nSPS) is 24.2. The number of hydrogen-bond acceptors (Lipinski definition) is 5. The lowest BCUT2D eigenvalue weighted by Crippen LogP contribution is -2.30. The Morgan fingerprint density at radius 3 is 2.67 bits per heavy atom. The van der Waals surface area contributed by atoms with Crippen molar-refractivity contribution in [3.05, 3.63) is 42.1 Å². The van der Waals surface area contributed by atoms with Crippen LogP contribution in [-0.2, 0) is 6.42 Å². The molecule has 1 aliphatic carbocycles. The Balaban J connectivity index is 1.75. The Kier molecular flexibility index (Phi) is 5.09. The monoisotopic (exact) mass is 327 g/mol. The highest BCUT2D eigenvalue weighted by molar-refractivity contribution is 5.50. The maximum atomic E-state index is 9.64. The first-order chi connectivity index (χ1) is 11.6. The Labute approximate surface area is 142 Å². The van der Waals surface area contributed by atoms with Gasteiger partial charge in [-0.3, -0.25) is 4.98 Å². The molecule has 1 N–H and O–H groups in total. The lowest BCUT2D eigenvalue weighted by Gasteiger charge is -2.36. The van der Waals surface area contributed by atoms with Crippen molar-refractivity contribution < 1.29 is 9.52 Å². The van der Waals surface area contributed by atoms with Gasteiger partial charge in [-0.05, 0) is 43.2 Å². The summed E-state index contributed by atoms with van der Waals surface area (Å²) in [6, 6.07) is 3.73. The van der Waals surface area contributed by atoms with Crippen LogP contribution < -0.4 is 0 Å². The van der Waals surface area contributed by atoms with E-state index < -0.39 is 0 Å². The second kappa shape index (κ2) is 7.26. The van der Waals surface area contributed by atoms with Gasteiger partial charge in [0.1, 0.15) is 0 Å². The van der Waals surface area contributed by atoms with Gasteiger partial charge >= 0.3 is 0 Å². The fourth-order valence-electron chi connectivity index (χ4n) is 3.64. The predicted molar refractivity (Wildman–Crippen MR) is 92.0 cm³/mol. The maximum Gasteiger partial charge on any atom is 0.247 e. The van der Waals surface area contributed by atoms with Crippen LogP contribution in [0, 0.1) is 23.7 Å². The molecule has 0 aliphatic heterocycles. The zero-order valence-corrected chi connectivity index (χ0v) is 14.5. The van der Waals surface area contributed by atoms with E-state index in [1.807, 2.05) is 12.1 Å². The summed E-state index contributed by atoms with van der Waals surface area (Å²) in [6.07, 6.45) is 7.48. The standard InChI is InChI=1S/C19H25N3O2/c1-12(2)17-9-15(13(3)8-16(17)11-23)10-18-21-22-19(24-18)14-4-6-20-7-5-14/h4-8,12,15-17,23H,9-11H2,1-3H3. The molecule has 5 heteroatoms. The third-order valence-corrected chi connectivity index (χ3v) is 5.11. The summed E-state index contributed by atoms with van der Waals surface area (Å²) in [5, 5.41) is 18.0. The first-order valence-corrected chi connectivity index (χ1v) is 8.60. The maximum absolute atomic E-state index is 9.64. The van der Waals surface area contributed by atoms with E-state index in [0.29, 0.717) is 29.5 Å². The SMILES string of the molecule is CC1=CC(CO)C(C(C)C)CC1Cc1nnc(-c2ccncc2)o1.